The molecule has 1 aromatic carbocycles. The Kier molecular flexibility index (Phi) is 6.25. The number of alkyl halides is 3. The second kappa shape index (κ2) is 8.49. The lowest BCUT2D eigenvalue weighted by Gasteiger charge is -2.09. The van der Waals surface area contributed by atoms with Gasteiger partial charge in [-0.05, 0) is 68.7 Å². The highest BCUT2D eigenvalue weighted by Crippen LogP contribution is 2.31. The molecule has 148 valence electrons. The molecule has 8 heteroatoms. The predicted octanol–water partition coefficient (Wildman–Crippen LogP) is 6.45. The fraction of sp³-hybridized carbons (Fsp3) is 0.300. The maximum Gasteiger partial charge on any atom is 0.433 e. The Balaban J connectivity index is 1.68. The number of halogens is 4. The lowest BCUT2D eigenvalue weighted by molar-refractivity contribution is -0.141. The first-order valence-electron chi connectivity index (χ1n) is 8.66. The fourth-order valence-electron chi connectivity index (χ4n) is 2.61. The van der Waals surface area contributed by atoms with Gasteiger partial charge in [0.15, 0.2) is 0 Å². The highest BCUT2D eigenvalue weighted by molar-refractivity contribution is 7.15. The summed E-state index contributed by atoms with van der Waals surface area (Å²) < 4.78 is 44.2. The molecule has 0 spiro atoms. The predicted molar refractivity (Wildman–Crippen MR) is 105 cm³/mol. The number of rotatable bonds is 6. The molecule has 3 rings (SSSR count). The highest BCUT2D eigenvalue weighted by Gasteiger charge is 2.33. The van der Waals surface area contributed by atoms with Gasteiger partial charge in [0.1, 0.15) is 21.6 Å². The van der Waals surface area contributed by atoms with E-state index in [4.69, 9.17) is 16.3 Å². The minimum Gasteiger partial charge on any atom is -0.491 e. The normalized spacial score (nSPS) is 11.8. The number of hydrogen-bond donors (Lipinski definition) is 0. The number of ether oxygens (including phenoxy) is 1. The number of thiazole rings is 1. The van der Waals surface area contributed by atoms with Gasteiger partial charge < -0.3 is 4.74 Å². The zero-order chi connectivity index (χ0) is 20.3. The molecule has 2 heterocycles. The molecular formula is C20H18ClF3N2OS. The number of pyridine rings is 1. The van der Waals surface area contributed by atoms with Crippen molar-refractivity contribution in [3.63, 3.8) is 0 Å². The first-order valence-corrected chi connectivity index (χ1v) is 9.85. The molecule has 0 saturated carbocycles. The molecule has 0 aliphatic carbocycles. The van der Waals surface area contributed by atoms with Gasteiger partial charge >= 0.3 is 6.18 Å². The lowest BCUT2D eigenvalue weighted by atomic mass is 10.1. The van der Waals surface area contributed by atoms with Crippen LogP contribution in [0.25, 0.3) is 10.6 Å². The zero-order valence-electron chi connectivity index (χ0n) is 15.3. The molecule has 0 N–H and O–H groups in total. The van der Waals surface area contributed by atoms with E-state index in [2.05, 4.69) is 9.97 Å². The van der Waals surface area contributed by atoms with Crippen LogP contribution in [0.4, 0.5) is 13.2 Å². The molecule has 3 aromatic rings. The van der Waals surface area contributed by atoms with Gasteiger partial charge in [0.2, 0.25) is 0 Å². The molecule has 0 aliphatic heterocycles. The van der Waals surface area contributed by atoms with E-state index in [1.165, 1.54) is 17.4 Å². The second-order valence-electron chi connectivity index (χ2n) is 6.50. The van der Waals surface area contributed by atoms with Crippen molar-refractivity contribution < 1.29 is 17.9 Å². The summed E-state index contributed by atoms with van der Waals surface area (Å²) in [6, 6.07) is 10.2. The third-order valence-electron chi connectivity index (χ3n) is 3.83. The van der Waals surface area contributed by atoms with Crippen LogP contribution in [0, 0.1) is 0 Å². The molecule has 0 aliphatic rings. The SMILES string of the molecule is CC(C)Oc1ccc(-c2ncc(CCc3cc(Cl)nc(C(F)(F)F)c3)s2)cc1. The van der Waals surface area contributed by atoms with Gasteiger partial charge in [-0.25, -0.2) is 9.97 Å². The molecule has 0 atom stereocenters. The van der Waals surface area contributed by atoms with Crippen molar-refractivity contribution in [1.29, 1.82) is 0 Å². The molecule has 0 saturated heterocycles. The lowest BCUT2D eigenvalue weighted by Crippen LogP contribution is -2.09. The smallest absolute Gasteiger partial charge is 0.433 e. The minimum atomic E-state index is -4.51. The van der Waals surface area contributed by atoms with Gasteiger partial charge in [-0.2, -0.15) is 13.2 Å². The maximum absolute atomic E-state index is 12.9. The van der Waals surface area contributed by atoms with E-state index in [1.807, 2.05) is 38.1 Å². The van der Waals surface area contributed by atoms with Crippen LogP contribution in [0.15, 0.2) is 42.6 Å². The Bertz CT molecular complexity index is 939. The monoisotopic (exact) mass is 426 g/mol. The van der Waals surface area contributed by atoms with Crippen molar-refractivity contribution >= 4 is 22.9 Å². The Labute approximate surface area is 170 Å². The topological polar surface area (TPSA) is 35.0 Å². The second-order valence-corrected chi connectivity index (χ2v) is 8.01. The zero-order valence-corrected chi connectivity index (χ0v) is 16.8. The first kappa shape index (κ1) is 20.6. The molecular weight excluding hydrogens is 409 g/mol. The van der Waals surface area contributed by atoms with Crippen molar-refractivity contribution in [1.82, 2.24) is 9.97 Å². The van der Waals surface area contributed by atoms with Crippen molar-refractivity contribution in [3.05, 3.63) is 63.9 Å². The van der Waals surface area contributed by atoms with Crippen molar-refractivity contribution in [2.24, 2.45) is 0 Å². The number of nitrogens with zero attached hydrogens (tertiary/aromatic N) is 2. The maximum atomic E-state index is 12.9. The standard InChI is InChI=1S/C20H18ClF3N2OS/c1-12(2)27-15-6-4-14(5-7-15)19-25-11-16(28-19)8-3-13-9-17(20(22,23)24)26-18(21)10-13/h4-7,9-12H,3,8H2,1-2H3. The van der Waals surface area contributed by atoms with Crippen LogP contribution in [0.3, 0.4) is 0 Å². The quantitative estimate of drug-likeness (QED) is 0.425. The summed E-state index contributed by atoms with van der Waals surface area (Å²) in [4.78, 5) is 8.76. The first-order chi connectivity index (χ1) is 13.2. The average molecular weight is 427 g/mol. The van der Waals surface area contributed by atoms with Crippen LogP contribution in [0.2, 0.25) is 5.15 Å². The van der Waals surface area contributed by atoms with Crippen LogP contribution >= 0.6 is 22.9 Å². The Morgan fingerprint density at radius 2 is 1.82 bits per heavy atom. The van der Waals surface area contributed by atoms with Gasteiger partial charge in [-0.3, -0.25) is 0 Å². The number of hydrogen-bond acceptors (Lipinski definition) is 4. The van der Waals surface area contributed by atoms with Crippen molar-refractivity contribution in [2.45, 2.75) is 39.0 Å². The minimum absolute atomic E-state index is 0.108. The van der Waals surface area contributed by atoms with Crippen LogP contribution in [-0.4, -0.2) is 16.1 Å². The number of benzene rings is 1. The summed E-state index contributed by atoms with van der Waals surface area (Å²) in [5.41, 5.74) is 0.500. The van der Waals surface area contributed by atoms with E-state index in [1.54, 1.807) is 6.20 Å². The fourth-order valence-corrected chi connectivity index (χ4v) is 3.76. The third-order valence-corrected chi connectivity index (χ3v) is 5.13. The van der Waals surface area contributed by atoms with Gasteiger partial charge in [0, 0.05) is 16.6 Å². The van der Waals surface area contributed by atoms with Gasteiger partial charge in [0.05, 0.1) is 6.10 Å². The van der Waals surface area contributed by atoms with Gasteiger partial charge in [-0.1, -0.05) is 11.6 Å². The van der Waals surface area contributed by atoms with E-state index in [-0.39, 0.29) is 11.3 Å². The molecule has 28 heavy (non-hydrogen) atoms. The van der Waals surface area contributed by atoms with Gasteiger partial charge in [0.25, 0.3) is 0 Å². The van der Waals surface area contributed by atoms with Crippen LogP contribution in [0.1, 0.15) is 30.0 Å². The number of aromatic nitrogens is 2. The molecule has 2 aromatic heterocycles. The summed E-state index contributed by atoms with van der Waals surface area (Å²) in [6.07, 6.45) is -1.65. The molecule has 0 amide bonds. The molecule has 0 fully saturated rings. The van der Waals surface area contributed by atoms with E-state index in [9.17, 15) is 13.2 Å². The molecule has 0 radical (unpaired) electrons. The summed E-state index contributed by atoms with van der Waals surface area (Å²) >= 11 is 7.25. The number of aryl methyl sites for hydroxylation is 2. The van der Waals surface area contributed by atoms with E-state index >= 15 is 0 Å². The molecule has 3 nitrogen and oxygen atoms in total. The third kappa shape index (κ3) is 5.45. The van der Waals surface area contributed by atoms with E-state index < -0.39 is 11.9 Å². The Hall–Kier alpha value is -2.12. The van der Waals surface area contributed by atoms with Crippen LogP contribution < -0.4 is 4.74 Å². The molecule has 0 bridgehead atoms. The van der Waals surface area contributed by atoms with E-state index in [0.29, 0.717) is 18.4 Å². The van der Waals surface area contributed by atoms with Crippen molar-refractivity contribution in [2.75, 3.05) is 0 Å². The van der Waals surface area contributed by atoms with Gasteiger partial charge in [-0.15, -0.1) is 11.3 Å². The average Bonchev–Trinajstić information content (AvgIpc) is 3.08. The Morgan fingerprint density at radius 3 is 2.46 bits per heavy atom. The van der Waals surface area contributed by atoms with Crippen molar-refractivity contribution in [3.8, 4) is 16.3 Å². The summed E-state index contributed by atoms with van der Waals surface area (Å²) in [6.45, 7) is 3.93. The largest absolute Gasteiger partial charge is 0.491 e. The molecule has 0 unspecified atom stereocenters. The van der Waals surface area contributed by atoms with Crippen LogP contribution in [0.5, 0.6) is 5.75 Å². The highest BCUT2D eigenvalue weighted by atomic mass is 35.5. The summed E-state index contributed by atoms with van der Waals surface area (Å²) in [7, 11) is 0. The summed E-state index contributed by atoms with van der Waals surface area (Å²) in [5, 5.41) is 0.702. The van der Waals surface area contributed by atoms with Crippen LogP contribution in [-0.2, 0) is 19.0 Å². The Morgan fingerprint density at radius 1 is 1.11 bits per heavy atom. The van der Waals surface area contributed by atoms with E-state index in [0.717, 1.165) is 27.3 Å². The summed E-state index contributed by atoms with van der Waals surface area (Å²) in [5.74, 6) is 0.797.